The number of carboxylic acids is 1. The number of hydrogen-bond donors (Lipinski definition) is 2. The summed E-state index contributed by atoms with van der Waals surface area (Å²) in [6, 6.07) is 0.188. The summed E-state index contributed by atoms with van der Waals surface area (Å²) in [6.07, 6.45) is 4.48. The molecule has 8 heteroatoms. The Kier molecular flexibility index (Phi) is 3.05. The van der Waals surface area contributed by atoms with E-state index in [0.29, 0.717) is 5.82 Å². The van der Waals surface area contributed by atoms with Gasteiger partial charge in [-0.1, -0.05) is 0 Å². The van der Waals surface area contributed by atoms with Crippen LogP contribution in [0.15, 0.2) is 12.4 Å². The van der Waals surface area contributed by atoms with E-state index in [4.69, 9.17) is 5.11 Å². The molecule has 0 aliphatic carbocycles. The van der Waals surface area contributed by atoms with Gasteiger partial charge in [0.05, 0.1) is 18.9 Å². The number of aromatic nitrogens is 5. The summed E-state index contributed by atoms with van der Waals surface area (Å²) in [7, 11) is 0. The molecule has 2 aromatic heterocycles. The molecule has 0 amide bonds. The highest BCUT2D eigenvalue weighted by Crippen LogP contribution is 2.16. The van der Waals surface area contributed by atoms with E-state index in [2.05, 4.69) is 25.4 Å². The van der Waals surface area contributed by atoms with Crippen molar-refractivity contribution in [2.45, 2.75) is 32.4 Å². The van der Waals surface area contributed by atoms with Crippen molar-refractivity contribution in [3.05, 3.63) is 29.7 Å². The number of nitrogens with zero attached hydrogens (tertiary/aromatic N) is 5. The molecule has 0 fully saturated rings. The van der Waals surface area contributed by atoms with Gasteiger partial charge in [0.25, 0.3) is 0 Å². The minimum absolute atomic E-state index is 0.0617. The summed E-state index contributed by atoms with van der Waals surface area (Å²) in [5.41, 5.74) is -0.0617. The Morgan fingerprint density at radius 1 is 1.45 bits per heavy atom. The van der Waals surface area contributed by atoms with Gasteiger partial charge in [0.2, 0.25) is 0 Å². The maximum absolute atomic E-state index is 10.7. The zero-order valence-corrected chi connectivity index (χ0v) is 10.9. The normalized spacial score (nSPS) is 17.6. The number of carbonyl (C=O) groups is 1. The molecule has 8 nitrogen and oxygen atoms in total. The van der Waals surface area contributed by atoms with E-state index in [9.17, 15) is 4.79 Å². The van der Waals surface area contributed by atoms with Gasteiger partial charge in [0, 0.05) is 12.5 Å². The van der Waals surface area contributed by atoms with Gasteiger partial charge in [0.15, 0.2) is 5.69 Å². The standard InChI is InChI=1S/C12H14N6O2/c1-7-15-11-3-2-8(6-18(11)17-7)16-10-5-13-9(4-14-10)12(19)20/h4-5,8H,2-3,6H2,1H3,(H,14,16)(H,19,20)/t8-/m1/s1. The molecular weight excluding hydrogens is 260 g/mol. The SMILES string of the molecule is Cc1nc2n(n1)C[C@H](Nc1cnc(C(=O)O)cn1)CC2. The first-order chi connectivity index (χ1) is 9.61. The lowest BCUT2D eigenvalue weighted by molar-refractivity contribution is 0.0690. The van der Waals surface area contributed by atoms with Crippen LogP contribution in [-0.4, -0.2) is 41.9 Å². The van der Waals surface area contributed by atoms with Crippen molar-refractivity contribution in [1.82, 2.24) is 24.7 Å². The second-order valence-electron chi connectivity index (χ2n) is 4.73. The Balaban J connectivity index is 1.68. The number of carboxylic acid groups (broad SMARTS) is 1. The van der Waals surface area contributed by atoms with Crippen LogP contribution >= 0.6 is 0 Å². The van der Waals surface area contributed by atoms with Gasteiger partial charge in [0.1, 0.15) is 17.5 Å². The van der Waals surface area contributed by atoms with Crippen molar-refractivity contribution in [2.24, 2.45) is 0 Å². The highest BCUT2D eigenvalue weighted by molar-refractivity contribution is 5.84. The maximum Gasteiger partial charge on any atom is 0.356 e. The van der Waals surface area contributed by atoms with Gasteiger partial charge in [-0.15, -0.1) is 0 Å². The molecule has 2 N–H and O–H groups in total. The third kappa shape index (κ3) is 2.44. The van der Waals surface area contributed by atoms with Gasteiger partial charge >= 0.3 is 5.97 Å². The van der Waals surface area contributed by atoms with Crippen LogP contribution in [-0.2, 0) is 13.0 Å². The minimum atomic E-state index is -1.08. The third-order valence-electron chi connectivity index (χ3n) is 3.19. The summed E-state index contributed by atoms with van der Waals surface area (Å²) in [6.45, 7) is 2.60. The van der Waals surface area contributed by atoms with Gasteiger partial charge < -0.3 is 10.4 Å². The first-order valence-corrected chi connectivity index (χ1v) is 6.34. The van der Waals surface area contributed by atoms with Crippen LogP contribution in [0.25, 0.3) is 0 Å². The van der Waals surface area contributed by atoms with Crippen LogP contribution in [0.5, 0.6) is 0 Å². The maximum atomic E-state index is 10.7. The van der Waals surface area contributed by atoms with Crippen LogP contribution in [0, 0.1) is 6.92 Å². The van der Waals surface area contributed by atoms with E-state index in [1.54, 1.807) is 0 Å². The monoisotopic (exact) mass is 274 g/mol. The lowest BCUT2D eigenvalue weighted by Crippen LogP contribution is -2.32. The fraction of sp³-hybridized carbons (Fsp3) is 0.417. The topological polar surface area (TPSA) is 106 Å². The molecular formula is C12H14N6O2. The fourth-order valence-corrected chi connectivity index (χ4v) is 2.27. The van der Waals surface area contributed by atoms with Gasteiger partial charge in [-0.3, -0.25) is 0 Å². The van der Waals surface area contributed by atoms with Crippen LogP contribution in [0.2, 0.25) is 0 Å². The second kappa shape index (κ2) is 4.87. The Bertz CT molecular complexity index is 636. The number of anilines is 1. The Morgan fingerprint density at radius 2 is 2.30 bits per heavy atom. The van der Waals surface area contributed by atoms with Crippen LogP contribution in [0.4, 0.5) is 5.82 Å². The number of aryl methyl sites for hydroxylation is 2. The average Bonchev–Trinajstić information content (AvgIpc) is 2.78. The van der Waals surface area contributed by atoms with Gasteiger partial charge in [-0.2, -0.15) is 5.10 Å². The zero-order valence-electron chi connectivity index (χ0n) is 10.9. The van der Waals surface area contributed by atoms with Crippen molar-refractivity contribution < 1.29 is 9.90 Å². The zero-order chi connectivity index (χ0) is 14.1. The number of fused-ring (bicyclic) bond motifs is 1. The summed E-state index contributed by atoms with van der Waals surface area (Å²) in [5.74, 6) is 1.28. The molecule has 3 heterocycles. The molecule has 0 saturated carbocycles. The molecule has 0 bridgehead atoms. The first-order valence-electron chi connectivity index (χ1n) is 6.34. The molecule has 20 heavy (non-hydrogen) atoms. The first kappa shape index (κ1) is 12.5. The predicted molar refractivity (Wildman–Crippen MR) is 69.5 cm³/mol. The van der Waals surface area contributed by atoms with Crippen molar-refractivity contribution in [3.63, 3.8) is 0 Å². The largest absolute Gasteiger partial charge is 0.476 e. The summed E-state index contributed by atoms with van der Waals surface area (Å²) in [5, 5.41) is 16.3. The predicted octanol–water partition coefficient (Wildman–Crippen LogP) is 0.502. The summed E-state index contributed by atoms with van der Waals surface area (Å²) in [4.78, 5) is 22.9. The molecule has 1 aliphatic heterocycles. The molecule has 0 radical (unpaired) electrons. The quantitative estimate of drug-likeness (QED) is 0.839. The molecule has 3 rings (SSSR count). The number of hydrogen-bond acceptors (Lipinski definition) is 6. The van der Waals surface area contributed by atoms with E-state index in [1.807, 2.05) is 11.6 Å². The molecule has 0 unspecified atom stereocenters. The van der Waals surface area contributed by atoms with E-state index in [0.717, 1.165) is 31.0 Å². The highest BCUT2D eigenvalue weighted by atomic mass is 16.4. The van der Waals surface area contributed by atoms with E-state index >= 15 is 0 Å². The van der Waals surface area contributed by atoms with Crippen molar-refractivity contribution in [2.75, 3.05) is 5.32 Å². The van der Waals surface area contributed by atoms with Crippen molar-refractivity contribution in [3.8, 4) is 0 Å². The summed E-state index contributed by atoms with van der Waals surface area (Å²) < 4.78 is 1.90. The molecule has 2 aromatic rings. The smallest absolute Gasteiger partial charge is 0.356 e. The average molecular weight is 274 g/mol. The molecule has 1 aliphatic rings. The van der Waals surface area contributed by atoms with Gasteiger partial charge in [-0.05, 0) is 13.3 Å². The number of nitrogens with one attached hydrogen (secondary N) is 1. The van der Waals surface area contributed by atoms with Crippen LogP contribution in [0.3, 0.4) is 0 Å². The molecule has 104 valence electrons. The molecule has 1 atom stereocenters. The van der Waals surface area contributed by atoms with Gasteiger partial charge in [-0.25, -0.2) is 24.4 Å². The van der Waals surface area contributed by atoms with Crippen molar-refractivity contribution >= 4 is 11.8 Å². The van der Waals surface area contributed by atoms with E-state index < -0.39 is 5.97 Å². The van der Waals surface area contributed by atoms with Crippen LogP contribution < -0.4 is 5.32 Å². The van der Waals surface area contributed by atoms with Crippen molar-refractivity contribution in [1.29, 1.82) is 0 Å². The molecule has 0 saturated heterocycles. The lowest BCUT2D eigenvalue weighted by atomic mass is 10.1. The van der Waals surface area contributed by atoms with Crippen LogP contribution in [0.1, 0.15) is 28.6 Å². The molecule has 0 spiro atoms. The van der Waals surface area contributed by atoms with E-state index in [-0.39, 0.29) is 11.7 Å². The Labute approximate surface area is 114 Å². The Hall–Kier alpha value is -2.51. The number of aromatic carboxylic acids is 1. The fourth-order valence-electron chi connectivity index (χ4n) is 2.27. The third-order valence-corrected chi connectivity index (χ3v) is 3.19. The minimum Gasteiger partial charge on any atom is -0.476 e. The second-order valence-corrected chi connectivity index (χ2v) is 4.73. The number of rotatable bonds is 3. The molecule has 0 aromatic carbocycles. The lowest BCUT2D eigenvalue weighted by Gasteiger charge is -2.23. The highest BCUT2D eigenvalue weighted by Gasteiger charge is 2.21. The summed E-state index contributed by atoms with van der Waals surface area (Å²) >= 11 is 0. The Morgan fingerprint density at radius 3 is 3.00 bits per heavy atom. The van der Waals surface area contributed by atoms with E-state index in [1.165, 1.54) is 12.4 Å².